The lowest BCUT2D eigenvalue weighted by Crippen LogP contribution is -2.49. The highest BCUT2D eigenvalue weighted by Gasteiger charge is 2.23. The van der Waals surface area contributed by atoms with Gasteiger partial charge in [0.2, 0.25) is 5.91 Å². The Morgan fingerprint density at radius 3 is 1.15 bits per heavy atom. The highest BCUT2D eigenvalue weighted by Crippen LogP contribution is 2.16. The molecule has 1 amide bonds. The fraction of sp³-hybridized carbons (Fsp3) is 0.930. The molecule has 0 saturated carbocycles. The van der Waals surface area contributed by atoms with E-state index in [1.807, 2.05) is 0 Å². The van der Waals surface area contributed by atoms with Crippen LogP contribution in [-0.4, -0.2) is 46.1 Å². The molecule has 0 saturated heterocycles. The molecule has 0 aromatic carbocycles. The third kappa shape index (κ3) is 33.6. The van der Waals surface area contributed by atoms with Crippen LogP contribution in [0.5, 0.6) is 0 Å². The molecular formula is C43H85NO4. The Bertz CT molecular complexity index is 669. The number of carbonyl (C=O) groups is 1. The fourth-order valence-electron chi connectivity index (χ4n) is 6.72. The Morgan fingerprint density at radius 1 is 0.479 bits per heavy atom. The zero-order valence-electron chi connectivity index (χ0n) is 32.4. The van der Waals surface area contributed by atoms with Crippen molar-refractivity contribution in [2.45, 2.75) is 250 Å². The molecular weight excluding hydrogens is 594 g/mol. The number of carbonyl (C=O) groups excluding carboxylic acids is 1. The molecule has 0 aliphatic carbocycles. The molecule has 3 atom stereocenters. The Kier molecular flexibility index (Phi) is 38.1. The third-order valence-electron chi connectivity index (χ3n) is 10.1. The highest BCUT2D eigenvalue weighted by atomic mass is 16.3. The Balaban J connectivity index is 3.61. The van der Waals surface area contributed by atoms with Gasteiger partial charge >= 0.3 is 0 Å². The number of allylic oxidation sites excluding steroid dienone is 2. The lowest BCUT2D eigenvalue weighted by Gasteiger charge is -2.23. The first-order valence-corrected chi connectivity index (χ1v) is 21.5. The number of rotatable bonds is 39. The summed E-state index contributed by atoms with van der Waals surface area (Å²) in [5, 5.41) is 33.2. The van der Waals surface area contributed by atoms with Gasteiger partial charge in [-0.15, -0.1) is 0 Å². The number of hydrogen-bond acceptors (Lipinski definition) is 4. The van der Waals surface area contributed by atoms with Crippen molar-refractivity contribution in [1.29, 1.82) is 0 Å². The summed E-state index contributed by atoms with van der Waals surface area (Å²) < 4.78 is 0. The van der Waals surface area contributed by atoms with Gasteiger partial charge in [0.15, 0.2) is 0 Å². The first-order valence-electron chi connectivity index (χ1n) is 21.5. The van der Waals surface area contributed by atoms with Crippen LogP contribution in [0.2, 0.25) is 0 Å². The molecule has 0 bridgehead atoms. The van der Waals surface area contributed by atoms with Crippen LogP contribution in [-0.2, 0) is 4.79 Å². The van der Waals surface area contributed by atoms with Gasteiger partial charge in [-0.05, 0) is 38.5 Å². The van der Waals surface area contributed by atoms with E-state index in [0.717, 1.165) is 32.1 Å². The van der Waals surface area contributed by atoms with Crippen LogP contribution in [0, 0.1) is 0 Å². The largest absolute Gasteiger partial charge is 0.394 e. The summed E-state index contributed by atoms with van der Waals surface area (Å²) in [6, 6.07) is -0.710. The van der Waals surface area contributed by atoms with E-state index in [4.69, 9.17) is 0 Å². The maximum absolute atomic E-state index is 12.5. The lowest BCUT2D eigenvalue weighted by atomic mass is 10.0. The normalized spacial score (nSPS) is 13.7. The maximum atomic E-state index is 12.5. The van der Waals surface area contributed by atoms with Crippen molar-refractivity contribution in [3.8, 4) is 0 Å². The van der Waals surface area contributed by atoms with Gasteiger partial charge in [-0.25, -0.2) is 0 Å². The quantitative estimate of drug-likeness (QED) is 0.0384. The molecule has 4 N–H and O–H groups in total. The van der Waals surface area contributed by atoms with Crippen molar-refractivity contribution in [1.82, 2.24) is 5.32 Å². The van der Waals surface area contributed by atoms with Crippen molar-refractivity contribution in [2.24, 2.45) is 0 Å². The van der Waals surface area contributed by atoms with Gasteiger partial charge in [0.1, 0.15) is 6.10 Å². The molecule has 0 radical (unpaired) electrons. The molecule has 5 heteroatoms. The molecule has 286 valence electrons. The van der Waals surface area contributed by atoms with Crippen LogP contribution in [0.15, 0.2) is 12.2 Å². The van der Waals surface area contributed by atoms with Crippen LogP contribution >= 0.6 is 0 Å². The molecule has 48 heavy (non-hydrogen) atoms. The summed E-state index contributed by atoms with van der Waals surface area (Å²) in [6.45, 7) is 4.23. The number of amides is 1. The van der Waals surface area contributed by atoms with Crippen molar-refractivity contribution in [3.63, 3.8) is 0 Å². The molecule has 0 fully saturated rings. The first-order chi connectivity index (χ1) is 23.6. The molecule has 3 unspecified atom stereocenters. The first kappa shape index (κ1) is 47.1. The number of hydrogen-bond donors (Lipinski definition) is 4. The van der Waals surface area contributed by atoms with Crippen LogP contribution in [0.4, 0.5) is 0 Å². The lowest BCUT2D eigenvalue weighted by molar-refractivity contribution is -0.131. The molecule has 0 aliphatic heterocycles. The topological polar surface area (TPSA) is 89.8 Å². The average Bonchev–Trinajstić information content (AvgIpc) is 3.09. The Hall–Kier alpha value is -0.910. The minimum Gasteiger partial charge on any atom is -0.394 e. The van der Waals surface area contributed by atoms with Gasteiger partial charge in [-0.2, -0.15) is 0 Å². The highest BCUT2D eigenvalue weighted by molar-refractivity contribution is 5.80. The van der Waals surface area contributed by atoms with E-state index in [2.05, 4.69) is 31.3 Å². The van der Waals surface area contributed by atoms with Crippen LogP contribution in [0.1, 0.15) is 232 Å². The molecule has 0 aromatic heterocycles. The second kappa shape index (κ2) is 38.9. The molecule has 0 heterocycles. The van der Waals surface area contributed by atoms with E-state index < -0.39 is 24.2 Å². The van der Waals surface area contributed by atoms with E-state index >= 15 is 0 Å². The standard InChI is InChI=1S/C43H85NO4/c1-3-5-7-9-11-13-15-17-18-19-20-21-22-23-24-26-28-30-32-34-36-38-42(47)43(48)44-40(39-45)41(46)37-35-33-31-29-27-25-16-14-12-10-8-6-4-2/h22-23,40-42,45-47H,3-21,24-39H2,1-2H3,(H,44,48)/b23-22-. The third-order valence-corrected chi connectivity index (χ3v) is 10.1. The number of aliphatic hydroxyl groups excluding tert-OH is 3. The van der Waals surface area contributed by atoms with Crippen molar-refractivity contribution >= 4 is 5.91 Å². The van der Waals surface area contributed by atoms with Gasteiger partial charge in [-0.1, -0.05) is 206 Å². The fourth-order valence-corrected chi connectivity index (χ4v) is 6.72. The smallest absolute Gasteiger partial charge is 0.249 e. The minimum absolute atomic E-state index is 0.313. The van der Waals surface area contributed by atoms with E-state index in [1.54, 1.807) is 0 Å². The van der Waals surface area contributed by atoms with Gasteiger partial charge in [-0.3, -0.25) is 4.79 Å². The predicted octanol–water partition coefficient (Wildman–Crippen LogP) is 12.0. The van der Waals surface area contributed by atoms with Gasteiger partial charge in [0.25, 0.3) is 0 Å². The second-order valence-corrected chi connectivity index (χ2v) is 14.9. The number of aliphatic hydroxyl groups is 3. The van der Waals surface area contributed by atoms with E-state index in [1.165, 1.54) is 173 Å². The van der Waals surface area contributed by atoms with Crippen LogP contribution < -0.4 is 5.32 Å². The minimum atomic E-state index is -1.08. The predicted molar refractivity (Wildman–Crippen MR) is 208 cm³/mol. The summed E-state index contributed by atoms with van der Waals surface area (Å²) >= 11 is 0. The molecule has 0 spiro atoms. The zero-order valence-corrected chi connectivity index (χ0v) is 32.4. The van der Waals surface area contributed by atoms with E-state index in [9.17, 15) is 20.1 Å². The molecule has 0 aromatic rings. The average molecular weight is 680 g/mol. The second-order valence-electron chi connectivity index (χ2n) is 14.9. The summed E-state index contributed by atoms with van der Waals surface area (Å²) in [4.78, 5) is 12.5. The number of unbranched alkanes of at least 4 members (excludes halogenated alkanes) is 29. The van der Waals surface area contributed by atoms with Gasteiger partial charge in [0, 0.05) is 0 Å². The van der Waals surface area contributed by atoms with Crippen molar-refractivity contribution < 1.29 is 20.1 Å². The zero-order chi connectivity index (χ0) is 35.2. The molecule has 0 aliphatic rings. The van der Waals surface area contributed by atoms with Crippen molar-refractivity contribution in [3.05, 3.63) is 12.2 Å². The van der Waals surface area contributed by atoms with E-state index in [0.29, 0.717) is 12.8 Å². The number of nitrogens with one attached hydrogen (secondary N) is 1. The van der Waals surface area contributed by atoms with E-state index in [-0.39, 0.29) is 6.61 Å². The van der Waals surface area contributed by atoms with Crippen LogP contribution in [0.25, 0.3) is 0 Å². The van der Waals surface area contributed by atoms with Gasteiger partial charge in [0.05, 0.1) is 18.8 Å². The maximum Gasteiger partial charge on any atom is 0.249 e. The summed E-state index contributed by atoms with van der Waals surface area (Å²) in [5.41, 5.74) is 0. The summed E-state index contributed by atoms with van der Waals surface area (Å²) in [6.07, 6.45) is 44.9. The summed E-state index contributed by atoms with van der Waals surface area (Å²) in [5.74, 6) is -0.474. The SMILES string of the molecule is CCCCCCCCCCCCC/C=C\CCCCCCCCC(O)C(=O)NC(CO)C(O)CCCCCCCCCCCCCCC. The van der Waals surface area contributed by atoms with Crippen molar-refractivity contribution in [2.75, 3.05) is 6.61 Å². The Morgan fingerprint density at radius 2 is 0.792 bits per heavy atom. The monoisotopic (exact) mass is 680 g/mol. The molecule has 5 nitrogen and oxygen atoms in total. The summed E-state index contributed by atoms with van der Waals surface area (Å²) in [7, 11) is 0. The Labute approximate surface area is 299 Å². The molecule has 0 rings (SSSR count). The van der Waals surface area contributed by atoms with Crippen LogP contribution in [0.3, 0.4) is 0 Å². The van der Waals surface area contributed by atoms with Gasteiger partial charge < -0.3 is 20.6 Å².